The molecule has 0 saturated carbocycles. The zero-order chi connectivity index (χ0) is 9.84. The fourth-order valence-electron chi connectivity index (χ4n) is 1.18. The van der Waals surface area contributed by atoms with E-state index in [4.69, 9.17) is 15.0 Å². The SMILES string of the molecule is COC1O[C@H](CN=[N+]=[N-])[C@@H](O)[C@H]1O. The molecule has 0 aliphatic carbocycles. The number of ether oxygens (including phenoxy) is 2. The number of methoxy groups -OCH3 is 1. The molecule has 2 N–H and O–H groups in total. The Labute approximate surface area is 74.5 Å². The lowest BCUT2D eigenvalue weighted by Crippen LogP contribution is -2.33. The average Bonchev–Trinajstić information content (AvgIpc) is 2.41. The molecule has 1 aliphatic heterocycles. The van der Waals surface area contributed by atoms with Gasteiger partial charge in [0.05, 0.1) is 12.6 Å². The van der Waals surface area contributed by atoms with Crippen LogP contribution >= 0.6 is 0 Å². The van der Waals surface area contributed by atoms with Gasteiger partial charge >= 0.3 is 0 Å². The summed E-state index contributed by atoms with van der Waals surface area (Å²) in [4.78, 5) is 2.52. The van der Waals surface area contributed by atoms with Gasteiger partial charge in [-0.15, -0.1) is 0 Å². The molecule has 0 bridgehead atoms. The van der Waals surface area contributed by atoms with Gasteiger partial charge in [0.1, 0.15) is 12.2 Å². The van der Waals surface area contributed by atoms with E-state index in [2.05, 4.69) is 10.0 Å². The Morgan fingerprint density at radius 3 is 2.69 bits per heavy atom. The fourth-order valence-corrected chi connectivity index (χ4v) is 1.18. The summed E-state index contributed by atoms with van der Waals surface area (Å²) >= 11 is 0. The van der Waals surface area contributed by atoms with Gasteiger partial charge in [-0.3, -0.25) is 0 Å². The second-order valence-corrected chi connectivity index (χ2v) is 2.67. The van der Waals surface area contributed by atoms with Crippen molar-refractivity contribution in [2.24, 2.45) is 5.11 Å². The van der Waals surface area contributed by atoms with E-state index in [1.165, 1.54) is 7.11 Å². The second-order valence-electron chi connectivity index (χ2n) is 2.67. The van der Waals surface area contributed by atoms with Crippen LogP contribution in [0.3, 0.4) is 0 Å². The van der Waals surface area contributed by atoms with Gasteiger partial charge in [-0.25, -0.2) is 0 Å². The van der Waals surface area contributed by atoms with Crippen LogP contribution in [0, 0.1) is 0 Å². The average molecular weight is 189 g/mol. The molecular weight excluding hydrogens is 178 g/mol. The van der Waals surface area contributed by atoms with Crippen molar-refractivity contribution in [1.29, 1.82) is 0 Å². The predicted molar refractivity (Wildman–Crippen MR) is 41.7 cm³/mol. The molecule has 7 heteroatoms. The Bertz CT molecular complexity index is 218. The Hall–Kier alpha value is -0.850. The molecule has 1 rings (SSSR count). The highest BCUT2D eigenvalue weighted by atomic mass is 16.7. The summed E-state index contributed by atoms with van der Waals surface area (Å²) < 4.78 is 9.79. The Morgan fingerprint density at radius 1 is 1.54 bits per heavy atom. The van der Waals surface area contributed by atoms with E-state index < -0.39 is 24.6 Å². The monoisotopic (exact) mass is 189 g/mol. The summed E-state index contributed by atoms with van der Waals surface area (Å²) in [5, 5.41) is 21.9. The maximum Gasteiger partial charge on any atom is 0.186 e. The van der Waals surface area contributed by atoms with Crippen LogP contribution in [0.4, 0.5) is 0 Å². The van der Waals surface area contributed by atoms with Gasteiger partial charge in [0.15, 0.2) is 6.29 Å². The Balaban J connectivity index is 2.54. The van der Waals surface area contributed by atoms with Crippen molar-refractivity contribution >= 4 is 0 Å². The van der Waals surface area contributed by atoms with E-state index in [0.29, 0.717) is 0 Å². The molecule has 0 radical (unpaired) electrons. The van der Waals surface area contributed by atoms with Crippen molar-refractivity contribution in [3.63, 3.8) is 0 Å². The van der Waals surface area contributed by atoms with Crippen LogP contribution < -0.4 is 0 Å². The van der Waals surface area contributed by atoms with Crippen LogP contribution in [0.5, 0.6) is 0 Å². The van der Waals surface area contributed by atoms with Gasteiger partial charge in [0.2, 0.25) is 0 Å². The third kappa shape index (κ3) is 2.09. The third-order valence-electron chi connectivity index (χ3n) is 1.88. The number of hydrogen-bond donors (Lipinski definition) is 2. The molecule has 0 aromatic carbocycles. The van der Waals surface area contributed by atoms with E-state index in [1.54, 1.807) is 0 Å². The summed E-state index contributed by atoms with van der Waals surface area (Å²) in [6.07, 6.45) is -3.72. The smallest absolute Gasteiger partial charge is 0.186 e. The van der Waals surface area contributed by atoms with E-state index in [9.17, 15) is 10.2 Å². The summed E-state index contributed by atoms with van der Waals surface area (Å²) in [6, 6.07) is 0. The molecule has 4 atom stereocenters. The molecule has 1 saturated heterocycles. The lowest BCUT2D eigenvalue weighted by atomic mass is 10.1. The van der Waals surface area contributed by atoms with Gasteiger partial charge in [-0.05, 0) is 5.53 Å². The van der Waals surface area contributed by atoms with E-state index in [0.717, 1.165) is 0 Å². The van der Waals surface area contributed by atoms with Crippen LogP contribution in [-0.2, 0) is 9.47 Å². The first-order valence-electron chi connectivity index (χ1n) is 3.76. The van der Waals surface area contributed by atoms with Crippen LogP contribution in [0.2, 0.25) is 0 Å². The molecule has 7 nitrogen and oxygen atoms in total. The molecule has 0 amide bonds. The zero-order valence-corrected chi connectivity index (χ0v) is 7.07. The summed E-state index contributed by atoms with van der Waals surface area (Å²) in [7, 11) is 1.36. The summed E-state index contributed by atoms with van der Waals surface area (Å²) in [6.45, 7) is -0.0193. The highest BCUT2D eigenvalue weighted by molar-refractivity contribution is 4.87. The maximum absolute atomic E-state index is 9.35. The quantitative estimate of drug-likeness (QED) is 0.350. The third-order valence-corrected chi connectivity index (χ3v) is 1.88. The van der Waals surface area contributed by atoms with Gasteiger partial charge in [-0.2, -0.15) is 0 Å². The van der Waals surface area contributed by atoms with Gasteiger partial charge in [0, 0.05) is 12.0 Å². The number of hydrogen-bond acceptors (Lipinski definition) is 5. The molecule has 1 heterocycles. The first-order chi connectivity index (χ1) is 6.20. The minimum Gasteiger partial charge on any atom is -0.387 e. The number of nitrogens with zero attached hydrogens (tertiary/aromatic N) is 3. The molecular formula is C6H11N3O4. The fraction of sp³-hybridized carbons (Fsp3) is 1.00. The highest BCUT2D eigenvalue weighted by Crippen LogP contribution is 2.21. The van der Waals surface area contributed by atoms with Crippen LogP contribution in [0.15, 0.2) is 5.11 Å². The summed E-state index contributed by atoms with van der Waals surface area (Å²) in [5.41, 5.74) is 8.03. The normalized spacial score (nSPS) is 38.7. The van der Waals surface area contributed by atoms with Crippen LogP contribution in [0.1, 0.15) is 0 Å². The van der Waals surface area contributed by atoms with E-state index in [-0.39, 0.29) is 6.54 Å². The molecule has 13 heavy (non-hydrogen) atoms. The predicted octanol–water partition coefficient (Wildman–Crippen LogP) is -0.610. The van der Waals surface area contributed by atoms with Gasteiger partial charge < -0.3 is 19.7 Å². The second kappa shape index (κ2) is 4.40. The lowest BCUT2D eigenvalue weighted by molar-refractivity contribution is -0.147. The Kier molecular flexibility index (Phi) is 3.47. The van der Waals surface area contributed by atoms with E-state index in [1.807, 2.05) is 0 Å². The van der Waals surface area contributed by atoms with Gasteiger partial charge in [-0.1, -0.05) is 5.11 Å². The molecule has 0 aromatic rings. The number of aliphatic hydroxyl groups is 2. The van der Waals surface area contributed by atoms with Crippen molar-refractivity contribution in [2.75, 3.05) is 13.7 Å². The standard InChI is InChI=1S/C6H11N3O4/c1-12-6-5(11)4(10)3(13-6)2-8-9-7/h3-6,10-11H,2H2,1H3/t3-,4-,5-,6?/m1/s1. The molecule has 1 fully saturated rings. The number of aliphatic hydroxyl groups excluding tert-OH is 2. The first-order valence-corrected chi connectivity index (χ1v) is 3.76. The Morgan fingerprint density at radius 2 is 2.23 bits per heavy atom. The minimum atomic E-state index is -1.09. The molecule has 1 unspecified atom stereocenters. The maximum atomic E-state index is 9.35. The zero-order valence-electron chi connectivity index (χ0n) is 7.07. The van der Waals surface area contributed by atoms with Crippen LogP contribution in [0.25, 0.3) is 10.4 Å². The number of azide groups is 1. The largest absolute Gasteiger partial charge is 0.387 e. The summed E-state index contributed by atoms with van der Waals surface area (Å²) in [5.74, 6) is 0. The molecule has 0 aromatic heterocycles. The van der Waals surface area contributed by atoms with Crippen LogP contribution in [-0.4, -0.2) is 48.5 Å². The number of rotatable bonds is 3. The molecule has 1 aliphatic rings. The molecule has 74 valence electrons. The van der Waals surface area contributed by atoms with Gasteiger partial charge in [0.25, 0.3) is 0 Å². The molecule has 0 spiro atoms. The highest BCUT2D eigenvalue weighted by Gasteiger charge is 2.42. The first kappa shape index (κ1) is 10.2. The van der Waals surface area contributed by atoms with Crippen molar-refractivity contribution < 1.29 is 19.7 Å². The van der Waals surface area contributed by atoms with Crippen molar-refractivity contribution in [3.8, 4) is 0 Å². The van der Waals surface area contributed by atoms with E-state index >= 15 is 0 Å². The van der Waals surface area contributed by atoms with Crippen molar-refractivity contribution in [2.45, 2.75) is 24.6 Å². The van der Waals surface area contributed by atoms with Crippen molar-refractivity contribution in [3.05, 3.63) is 10.4 Å². The minimum absolute atomic E-state index is 0.0193. The van der Waals surface area contributed by atoms with Crippen molar-refractivity contribution in [1.82, 2.24) is 0 Å². The lowest BCUT2D eigenvalue weighted by Gasteiger charge is -2.11. The topological polar surface area (TPSA) is 108 Å².